The molecule has 0 saturated carbocycles. The predicted octanol–water partition coefficient (Wildman–Crippen LogP) is 4.45. The van der Waals surface area contributed by atoms with Crippen LogP contribution in [0.15, 0.2) is 47.5 Å². The number of benzene rings is 1. The number of aryl methyl sites for hydroxylation is 1. The highest BCUT2D eigenvalue weighted by Crippen LogP contribution is 2.44. The monoisotopic (exact) mass is 748 g/mol. The normalized spacial score (nSPS) is 23.7. The summed E-state index contributed by atoms with van der Waals surface area (Å²) >= 11 is 0. The van der Waals surface area contributed by atoms with Crippen molar-refractivity contribution in [3.8, 4) is 0 Å². The van der Waals surface area contributed by atoms with Gasteiger partial charge in [0.15, 0.2) is 0 Å². The molecule has 4 saturated heterocycles. The van der Waals surface area contributed by atoms with Crippen molar-refractivity contribution in [1.29, 1.82) is 0 Å². The van der Waals surface area contributed by atoms with Crippen LogP contribution in [0.5, 0.6) is 0 Å². The topological polar surface area (TPSA) is 133 Å². The molecule has 15 heteroatoms. The zero-order valence-electron chi connectivity index (χ0n) is 30.9. The van der Waals surface area contributed by atoms with Gasteiger partial charge < -0.3 is 20.0 Å². The van der Waals surface area contributed by atoms with Gasteiger partial charge in [-0.1, -0.05) is 12.1 Å². The van der Waals surface area contributed by atoms with Gasteiger partial charge in [-0.3, -0.25) is 24.5 Å². The number of likely N-dealkylation sites (tertiary alicyclic amines) is 2. The minimum Gasteiger partial charge on any atom is -0.379 e. The summed E-state index contributed by atoms with van der Waals surface area (Å²) in [4.78, 5) is 60.4. The van der Waals surface area contributed by atoms with Crippen LogP contribution in [0.3, 0.4) is 0 Å². The van der Waals surface area contributed by atoms with E-state index in [9.17, 15) is 32.3 Å². The summed E-state index contributed by atoms with van der Waals surface area (Å²) in [5, 5.41) is 9.85. The third-order valence-corrected chi connectivity index (χ3v) is 12.1. The van der Waals surface area contributed by atoms with Crippen LogP contribution < -0.4 is 21.1 Å². The van der Waals surface area contributed by atoms with Gasteiger partial charge in [0.05, 0.1) is 23.4 Å². The van der Waals surface area contributed by atoms with E-state index < -0.39 is 29.5 Å². The Kier molecular flexibility index (Phi) is 10.3. The average Bonchev–Trinajstić information content (AvgIpc) is 3.15. The Bertz CT molecular complexity index is 1970. The van der Waals surface area contributed by atoms with Gasteiger partial charge in [0, 0.05) is 76.1 Å². The molecule has 3 aromatic rings. The lowest BCUT2D eigenvalue weighted by Crippen LogP contribution is -2.48. The standard InChI is InChI=1S/C39H47F3N8O4/c1-24-32(21-44-48(3)36(24)53)45-28-18-27(22-47(2)23-28)25-4-6-26(7-5-25)37(54)50-16-12-38(13-17-50)10-14-49(15-11-38)33-19-31(39(40,41)42)30(20-43-33)29-8-9-34(51)46-35(29)52/h4-7,19-21,27-29,45H,8-18,22-23H2,1-3H3,(H,46,51,52)/t27-,28+,29?/m0/s1. The van der Waals surface area contributed by atoms with Crippen molar-refractivity contribution in [2.24, 2.45) is 12.5 Å². The van der Waals surface area contributed by atoms with Crippen LogP contribution >= 0.6 is 0 Å². The number of aromatic nitrogens is 3. The van der Waals surface area contributed by atoms with Gasteiger partial charge in [0.25, 0.3) is 11.5 Å². The lowest BCUT2D eigenvalue weighted by Gasteiger charge is -2.47. The van der Waals surface area contributed by atoms with E-state index in [2.05, 4.69) is 44.8 Å². The average molecular weight is 749 g/mol. The second-order valence-electron chi connectivity index (χ2n) is 15.6. The lowest BCUT2D eigenvalue weighted by atomic mass is 9.71. The molecule has 3 atom stereocenters. The van der Waals surface area contributed by atoms with Gasteiger partial charge in [-0.25, -0.2) is 9.67 Å². The van der Waals surface area contributed by atoms with Gasteiger partial charge in [0.1, 0.15) is 5.82 Å². The van der Waals surface area contributed by atoms with Gasteiger partial charge >= 0.3 is 6.18 Å². The first-order valence-electron chi connectivity index (χ1n) is 18.7. The second-order valence-corrected chi connectivity index (χ2v) is 15.6. The maximum atomic E-state index is 14.2. The minimum absolute atomic E-state index is 0.00255. The number of alkyl halides is 3. The van der Waals surface area contributed by atoms with Gasteiger partial charge in [-0.2, -0.15) is 18.3 Å². The Morgan fingerprint density at radius 3 is 2.31 bits per heavy atom. The molecule has 0 bridgehead atoms. The van der Waals surface area contributed by atoms with Crippen LogP contribution in [0, 0.1) is 12.3 Å². The van der Waals surface area contributed by atoms with Crippen LogP contribution in [0.2, 0.25) is 0 Å². The molecule has 4 fully saturated rings. The third-order valence-electron chi connectivity index (χ3n) is 12.1. The molecule has 6 heterocycles. The molecule has 7 rings (SSSR count). The van der Waals surface area contributed by atoms with Crippen LogP contribution in [0.25, 0.3) is 0 Å². The van der Waals surface area contributed by atoms with Gasteiger partial charge in [-0.05, 0) is 93.2 Å². The molecule has 0 radical (unpaired) electrons. The predicted molar refractivity (Wildman–Crippen MR) is 196 cm³/mol. The van der Waals surface area contributed by atoms with Crippen LogP contribution in [-0.2, 0) is 22.8 Å². The number of carbonyl (C=O) groups excluding carboxylic acids is 3. The fraction of sp³-hybridized carbons (Fsp3) is 0.538. The SMILES string of the molecule is Cc1c(N[C@@H]2C[C@H](c3ccc(C(=O)N4CCC5(CC4)CCN(c4cc(C(F)(F)F)c(C6CCC(=O)NC6=O)cn4)CC5)cc3)CN(C)C2)cnn(C)c1=O. The van der Waals surface area contributed by atoms with E-state index in [4.69, 9.17) is 0 Å². The highest BCUT2D eigenvalue weighted by atomic mass is 19.4. The fourth-order valence-corrected chi connectivity index (χ4v) is 8.80. The van der Waals surface area contributed by atoms with Crippen LogP contribution in [0.1, 0.15) is 89.4 Å². The lowest BCUT2D eigenvalue weighted by molar-refractivity contribution is -0.139. The molecule has 1 unspecified atom stereocenters. The molecule has 0 aliphatic carbocycles. The molecule has 1 aromatic carbocycles. The molecular weight excluding hydrogens is 701 g/mol. The zero-order chi connectivity index (χ0) is 38.4. The van der Waals surface area contributed by atoms with E-state index in [1.54, 1.807) is 13.2 Å². The molecule has 4 aliphatic rings. The number of rotatable bonds is 6. The first-order chi connectivity index (χ1) is 25.7. The van der Waals surface area contributed by atoms with E-state index in [1.165, 1.54) is 4.68 Å². The van der Waals surface area contributed by atoms with E-state index >= 15 is 0 Å². The summed E-state index contributed by atoms with van der Waals surface area (Å²) in [6.07, 6.45) is 2.26. The van der Waals surface area contributed by atoms with Gasteiger partial charge in [-0.15, -0.1) is 0 Å². The highest BCUT2D eigenvalue weighted by molar-refractivity contribution is 6.01. The molecule has 2 N–H and O–H groups in total. The number of imide groups is 1. The highest BCUT2D eigenvalue weighted by Gasteiger charge is 2.42. The fourth-order valence-electron chi connectivity index (χ4n) is 8.80. The van der Waals surface area contributed by atoms with Crippen molar-refractivity contribution in [1.82, 2.24) is 29.9 Å². The number of hydrogen-bond acceptors (Lipinski definition) is 9. The first-order valence-corrected chi connectivity index (χ1v) is 18.7. The van der Waals surface area contributed by atoms with E-state index in [1.807, 2.05) is 28.9 Å². The molecule has 4 aliphatic heterocycles. The molecule has 2 aromatic heterocycles. The number of halogens is 3. The maximum Gasteiger partial charge on any atom is 0.416 e. The number of hydrogen-bond donors (Lipinski definition) is 2. The summed E-state index contributed by atoms with van der Waals surface area (Å²) in [7, 11) is 3.73. The van der Waals surface area contributed by atoms with Crippen molar-refractivity contribution in [3.05, 3.63) is 80.9 Å². The summed E-state index contributed by atoms with van der Waals surface area (Å²) in [5.41, 5.74) is 2.01. The Balaban J connectivity index is 0.935. The number of piperidine rings is 4. The smallest absolute Gasteiger partial charge is 0.379 e. The third kappa shape index (κ3) is 7.73. The molecule has 1 spiro atoms. The van der Waals surface area contributed by atoms with Crippen LogP contribution in [-0.4, -0.2) is 94.6 Å². The molecular formula is C39H47F3N8O4. The summed E-state index contributed by atoms with van der Waals surface area (Å²) in [6, 6.07) is 9.11. The number of nitrogens with one attached hydrogen (secondary N) is 2. The Morgan fingerprint density at radius 2 is 1.65 bits per heavy atom. The minimum atomic E-state index is -4.68. The quantitative estimate of drug-likeness (QED) is 0.351. The maximum absolute atomic E-state index is 14.2. The van der Waals surface area contributed by atoms with Gasteiger partial charge in [0.2, 0.25) is 11.8 Å². The number of likely N-dealkylation sites (N-methyl/N-ethyl adjacent to an activating group) is 1. The van der Waals surface area contributed by atoms with Crippen molar-refractivity contribution < 1.29 is 27.6 Å². The number of anilines is 2. The van der Waals surface area contributed by atoms with Crippen molar-refractivity contribution >= 4 is 29.2 Å². The van der Waals surface area contributed by atoms with E-state index in [-0.39, 0.29) is 53.1 Å². The Hall–Kier alpha value is -4.79. The van der Waals surface area contributed by atoms with E-state index in [0.717, 1.165) is 68.7 Å². The van der Waals surface area contributed by atoms with E-state index in [0.29, 0.717) is 37.3 Å². The number of amides is 3. The molecule has 54 heavy (non-hydrogen) atoms. The summed E-state index contributed by atoms with van der Waals surface area (Å²) in [6.45, 7) is 5.87. The Labute approximate surface area is 312 Å². The van der Waals surface area contributed by atoms with Crippen molar-refractivity contribution in [2.75, 3.05) is 56.5 Å². The Morgan fingerprint density at radius 1 is 0.963 bits per heavy atom. The summed E-state index contributed by atoms with van der Waals surface area (Å²) < 4.78 is 43.9. The number of pyridine rings is 1. The number of carbonyl (C=O) groups is 3. The second kappa shape index (κ2) is 14.8. The summed E-state index contributed by atoms with van der Waals surface area (Å²) in [5.74, 6) is -1.80. The number of nitrogens with zero attached hydrogens (tertiary/aromatic N) is 6. The first kappa shape index (κ1) is 37.5. The molecule has 3 amide bonds. The van der Waals surface area contributed by atoms with Crippen LogP contribution in [0.4, 0.5) is 24.7 Å². The van der Waals surface area contributed by atoms with Crippen molar-refractivity contribution in [2.45, 2.75) is 75.9 Å². The molecule has 288 valence electrons. The zero-order valence-corrected chi connectivity index (χ0v) is 30.9. The van der Waals surface area contributed by atoms with Crippen molar-refractivity contribution in [3.63, 3.8) is 0 Å². The molecule has 12 nitrogen and oxygen atoms in total. The largest absolute Gasteiger partial charge is 0.416 e.